The molecule has 0 amide bonds. The number of benzene rings is 1. The molecule has 0 fully saturated rings. The summed E-state index contributed by atoms with van der Waals surface area (Å²) < 4.78 is 1.61. The second-order valence-corrected chi connectivity index (χ2v) is 6.10. The number of tetrazole rings is 1. The maximum atomic E-state index is 6.24. The maximum absolute atomic E-state index is 6.24. The first-order valence-corrected chi connectivity index (χ1v) is 8.23. The van der Waals surface area contributed by atoms with Crippen LogP contribution in [0.25, 0.3) is 28.2 Å². The van der Waals surface area contributed by atoms with E-state index in [1.807, 2.05) is 43.3 Å². The van der Waals surface area contributed by atoms with Crippen molar-refractivity contribution >= 4 is 17.4 Å². The molecule has 0 aliphatic heterocycles. The van der Waals surface area contributed by atoms with E-state index in [-0.39, 0.29) is 0 Å². The average Bonchev–Trinajstić information content (AvgIpc) is 3.14. The van der Waals surface area contributed by atoms with Gasteiger partial charge < -0.3 is 5.73 Å². The highest BCUT2D eigenvalue weighted by atomic mass is 35.5. The van der Waals surface area contributed by atoms with Crippen molar-refractivity contribution < 1.29 is 0 Å². The van der Waals surface area contributed by atoms with E-state index in [0.717, 1.165) is 22.4 Å². The van der Waals surface area contributed by atoms with Gasteiger partial charge in [-0.25, -0.2) is 4.98 Å². The van der Waals surface area contributed by atoms with Gasteiger partial charge in [0.15, 0.2) is 5.82 Å². The summed E-state index contributed by atoms with van der Waals surface area (Å²) in [6, 6.07) is 11.3. The van der Waals surface area contributed by atoms with Crippen LogP contribution in [0, 0.1) is 6.92 Å². The number of nitrogen functional groups attached to an aromatic ring is 1. The molecule has 0 bridgehead atoms. The first-order valence-electron chi connectivity index (χ1n) is 7.85. The lowest BCUT2D eigenvalue weighted by atomic mass is 10.1. The van der Waals surface area contributed by atoms with Gasteiger partial charge in [0, 0.05) is 34.7 Å². The third-order valence-corrected chi connectivity index (χ3v) is 4.50. The number of hydrogen-bond donors (Lipinski definition) is 1. The van der Waals surface area contributed by atoms with Gasteiger partial charge in [0.25, 0.3) is 0 Å². The average molecular weight is 364 g/mol. The van der Waals surface area contributed by atoms with Crippen LogP contribution < -0.4 is 5.73 Å². The van der Waals surface area contributed by atoms with Crippen molar-refractivity contribution in [1.82, 2.24) is 30.2 Å². The normalized spacial score (nSPS) is 10.8. The number of pyridine rings is 2. The molecule has 8 heteroatoms. The Morgan fingerprint density at radius 1 is 1.08 bits per heavy atom. The highest BCUT2D eigenvalue weighted by molar-refractivity contribution is 6.31. The van der Waals surface area contributed by atoms with Gasteiger partial charge in [-0.3, -0.25) is 4.98 Å². The van der Waals surface area contributed by atoms with Gasteiger partial charge >= 0.3 is 0 Å². The van der Waals surface area contributed by atoms with Crippen molar-refractivity contribution in [3.05, 3.63) is 65.6 Å². The standard InChI is InChI=1S/C18H14ClN7/c1-11-15(19)5-2-6-16(11)26-18(23-24-25-26)14-8-13(10-22-17(14)20)12-4-3-7-21-9-12/h2-10H,1H3,(H2,20,22). The molecule has 3 aromatic heterocycles. The predicted molar refractivity (Wildman–Crippen MR) is 99.8 cm³/mol. The van der Waals surface area contributed by atoms with Crippen molar-refractivity contribution in [3.8, 4) is 28.2 Å². The van der Waals surface area contributed by atoms with Crippen molar-refractivity contribution in [2.24, 2.45) is 0 Å². The molecule has 1 aromatic carbocycles. The zero-order chi connectivity index (χ0) is 18.1. The number of halogens is 1. The molecule has 3 heterocycles. The summed E-state index contributed by atoms with van der Waals surface area (Å²) in [5.41, 5.74) is 10.2. The van der Waals surface area contributed by atoms with Crippen LogP contribution in [0.5, 0.6) is 0 Å². The maximum Gasteiger partial charge on any atom is 0.190 e. The summed E-state index contributed by atoms with van der Waals surface area (Å²) in [6.07, 6.45) is 5.19. The van der Waals surface area contributed by atoms with E-state index in [1.165, 1.54) is 0 Å². The summed E-state index contributed by atoms with van der Waals surface area (Å²) in [5.74, 6) is 0.833. The lowest BCUT2D eigenvalue weighted by Gasteiger charge is -2.11. The largest absolute Gasteiger partial charge is 0.383 e. The first kappa shape index (κ1) is 16.2. The molecule has 4 aromatic rings. The smallest absolute Gasteiger partial charge is 0.190 e. The molecule has 0 aliphatic carbocycles. The Bertz CT molecular complexity index is 1080. The summed E-state index contributed by atoms with van der Waals surface area (Å²) in [7, 11) is 0. The number of aromatic nitrogens is 6. The van der Waals surface area contributed by atoms with Gasteiger partial charge in [-0.1, -0.05) is 23.7 Å². The SMILES string of the molecule is Cc1c(Cl)cccc1-n1nnnc1-c1cc(-c2cccnc2)cnc1N. The monoisotopic (exact) mass is 363 g/mol. The fourth-order valence-corrected chi connectivity index (χ4v) is 2.86. The van der Waals surface area contributed by atoms with Crippen molar-refractivity contribution in [2.45, 2.75) is 6.92 Å². The van der Waals surface area contributed by atoms with Crippen LogP contribution in [0.4, 0.5) is 5.82 Å². The Kier molecular flexibility index (Phi) is 4.06. The predicted octanol–water partition coefficient (Wildman–Crippen LogP) is 3.33. The molecule has 26 heavy (non-hydrogen) atoms. The number of nitrogens with zero attached hydrogens (tertiary/aromatic N) is 6. The summed E-state index contributed by atoms with van der Waals surface area (Å²) >= 11 is 6.24. The minimum Gasteiger partial charge on any atom is -0.383 e. The minimum absolute atomic E-state index is 0.341. The number of hydrogen-bond acceptors (Lipinski definition) is 6. The first-order chi connectivity index (χ1) is 12.6. The van der Waals surface area contributed by atoms with E-state index in [0.29, 0.717) is 22.2 Å². The Hall–Kier alpha value is -3.32. The summed E-state index contributed by atoms with van der Waals surface area (Å²) in [6.45, 7) is 1.91. The van der Waals surface area contributed by atoms with Crippen molar-refractivity contribution in [3.63, 3.8) is 0 Å². The minimum atomic E-state index is 0.341. The van der Waals surface area contributed by atoms with Gasteiger partial charge in [0.2, 0.25) is 0 Å². The molecule has 0 saturated carbocycles. The lowest BCUT2D eigenvalue weighted by Crippen LogP contribution is -2.05. The molecule has 0 spiro atoms. The molecule has 0 unspecified atom stereocenters. The highest BCUT2D eigenvalue weighted by Crippen LogP contribution is 2.30. The van der Waals surface area contributed by atoms with E-state index in [4.69, 9.17) is 17.3 Å². The number of anilines is 1. The fraction of sp³-hybridized carbons (Fsp3) is 0.0556. The van der Waals surface area contributed by atoms with Crippen LogP contribution in [0.3, 0.4) is 0 Å². The zero-order valence-electron chi connectivity index (χ0n) is 13.8. The summed E-state index contributed by atoms with van der Waals surface area (Å²) in [5, 5.41) is 12.7. The molecule has 7 nitrogen and oxygen atoms in total. The van der Waals surface area contributed by atoms with E-state index in [9.17, 15) is 0 Å². The van der Waals surface area contributed by atoms with Crippen molar-refractivity contribution in [1.29, 1.82) is 0 Å². The molecular formula is C18H14ClN7. The van der Waals surface area contributed by atoms with Crippen LogP contribution >= 0.6 is 11.6 Å². The van der Waals surface area contributed by atoms with E-state index >= 15 is 0 Å². The Morgan fingerprint density at radius 3 is 2.77 bits per heavy atom. The van der Waals surface area contributed by atoms with Crippen LogP contribution in [0.15, 0.2) is 55.0 Å². The molecule has 4 rings (SSSR count). The second-order valence-electron chi connectivity index (χ2n) is 5.70. The van der Waals surface area contributed by atoms with Crippen molar-refractivity contribution in [2.75, 3.05) is 5.73 Å². The van der Waals surface area contributed by atoms with E-state index in [2.05, 4.69) is 25.5 Å². The Labute approximate surface area is 154 Å². The van der Waals surface area contributed by atoms with Gasteiger partial charge in [-0.15, -0.1) is 5.10 Å². The van der Waals surface area contributed by atoms with E-state index in [1.54, 1.807) is 23.3 Å². The third kappa shape index (κ3) is 2.78. The molecule has 128 valence electrons. The van der Waals surface area contributed by atoms with Crippen LogP contribution in [0.2, 0.25) is 5.02 Å². The Morgan fingerprint density at radius 2 is 1.96 bits per heavy atom. The molecule has 0 radical (unpaired) electrons. The Balaban J connectivity index is 1.88. The molecular weight excluding hydrogens is 350 g/mol. The molecule has 0 atom stereocenters. The molecule has 0 saturated heterocycles. The fourth-order valence-electron chi connectivity index (χ4n) is 2.69. The number of nitrogens with two attached hydrogens (primary N) is 1. The highest BCUT2D eigenvalue weighted by Gasteiger charge is 2.17. The lowest BCUT2D eigenvalue weighted by molar-refractivity contribution is 0.787. The van der Waals surface area contributed by atoms with Crippen LogP contribution in [0.1, 0.15) is 5.56 Å². The second kappa shape index (κ2) is 6.53. The molecule has 2 N–H and O–H groups in total. The van der Waals surface area contributed by atoms with Crippen LogP contribution in [-0.4, -0.2) is 30.2 Å². The number of rotatable bonds is 3. The zero-order valence-corrected chi connectivity index (χ0v) is 14.6. The van der Waals surface area contributed by atoms with Gasteiger partial charge in [-0.2, -0.15) is 4.68 Å². The molecule has 0 aliphatic rings. The van der Waals surface area contributed by atoms with E-state index < -0.39 is 0 Å². The van der Waals surface area contributed by atoms with Gasteiger partial charge in [0.05, 0.1) is 11.3 Å². The third-order valence-electron chi connectivity index (χ3n) is 4.09. The van der Waals surface area contributed by atoms with Crippen LogP contribution in [-0.2, 0) is 0 Å². The topological polar surface area (TPSA) is 95.4 Å². The summed E-state index contributed by atoms with van der Waals surface area (Å²) in [4.78, 5) is 8.44. The quantitative estimate of drug-likeness (QED) is 0.599. The van der Waals surface area contributed by atoms with Gasteiger partial charge in [-0.05, 0) is 47.2 Å². The van der Waals surface area contributed by atoms with Gasteiger partial charge in [0.1, 0.15) is 5.82 Å².